The Labute approximate surface area is 170 Å². The summed E-state index contributed by atoms with van der Waals surface area (Å²) in [4.78, 5) is 21.1. The summed E-state index contributed by atoms with van der Waals surface area (Å²) in [7, 11) is 0. The van der Waals surface area contributed by atoms with Gasteiger partial charge in [0.2, 0.25) is 0 Å². The molecule has 0 unspecified atom stereocenters. The third-order valence-corrected chi connectivity index (χ3v) is 4.75. The second-order valence-corrected chi connectivity index (χ2v) is 6.94. The van der Waals surface area contributed by atoms with Gasteiger partial charge >= 0.3 is 5.97 Å². The van der Waals surface area contributed by atoms with E-state index in [1.807, 2.05) is 13.0 Å². The maximum Gasteiger partial charge on any atom is 0.343 e. The number of rotatable bonds is 8. The number of esters is 1. The Morgan fingerprint density at radius 2 is 1.79 bits per heavy atom. The highest BCUT2D eigenvalue weighted by Gasteiger charge is 2.13. The molecule has 0 saturated carbocycles. The number of aromatic nitrogens is 2. The molecule has 29 heavy (non-hydrogen) atoms. The molecule has 0 amide bonds. The van der Waals surface area contributed by atoms with Gasteiger partial charge in [0.05, 0.1) is 23.1 Å². The molecule has 0 bridgehead atoms. The molecule has 0 radical (unpaired) electrons. The van der Waals surface area contributed by atoms with Gasteiger partial charge in [0.15, 0.2) is 11.6 Å². The highest BCUT2D eigenvalue weighted by atomic mass is 19.1. The topological polar surface area (TPSA) is 52.1 Å². The lowest BCUT2D eigenvalue weighted by molar-refractivity contribution is 0.0728. The Bertz CT molecular complexity index is 954. The highest BCUT2D eigenvalue weighted by Crippen LogP contribution is 2.22. The largest absolute Gasteiger partial charge is 0.420 e. The van der Waals surface area contributed by atoms with Gasteiger partial charge in [0.1, 0.15) is 0 Å². The number of ether oxygens (including phenoxy) is 1. The van der Waals surface area contributed by atoms with E-state index in [4.69, 9.17) is 4.74 Å². The molecule has 0 fully saturated rings. The number of carbonyl (C=O) groups is 1. The summed E-state index contributed by atoms with van der Waals surface area (Å²) >= 11 is 0. The maximum absolute atomic E-state index is 14.3. The van der Waals surface area contributed by atoms with E-state index in [-0.39, 0.29) is 5.75 Å². The minimum absolute atomic E-state index is 0.0562. The molecule has 3 aromatic rings. The van der Waals surface area contributed by atoms with E-state index in [1.54, 1.807) is 36.7 Å². The van der Waals surface area contributed by atoms with Crippen LogP contribution in [0.2, 0.25) is 0 Å². The van der Waals surface area contributed by atoms with Crippen LogP contribution in [0.15, 0.2) is 54.9 Å². The number of carbonyl (C=O) groups excluding carboxylic acids is 1. The van der Waals surface area contributed by atoms with Crippen molar-refractivity contribution in [3.63, 3.8) is 0 Å². The van der Waals surface area contributed by atoms with E-state index in [1.165, 1.54) is 12.1 Å². The van der Waals surface area contributed by atoms with Crippen LogP contribution in [0.1, 0.15) is 54.7 Å². The van der Waals surface area contributed by atoms with Crippen LogP contribution in [0, 0.1) is 5.82 Å². The van der Waals surface area contributed by atoms with Gasteiger partial charge in [-0.2, -0.15) is 0 Å². The lowest BCUT2D eigenvalue weighted by Crippen LogP contribution is -2.09. The first-order valence-electron chi connectivity index (χ1n) is 10.0. The van der Waals surface area contributed by atoms with E-state index >= 15 is 0 Å². The summed E-state index contributed by atoms with van der Waals surface area (Å²) in [6, 6.07) is 11.6. The Morgan fingerprint density at radius 3 is 2.41 bits per heavy atom. The number of nitrogens with zero attached hydrogens (tertiary/aromatic N) is 2. The van der Waals surface area contributed by atoms with Crippen LogP contribution in [0.3, 0.4) is 0 Å². The monoisotopic (exact) mass is 392 g/mol. The molecule has 3 rings (SSSR count). The van der Waals surface area contributed by atoms with E-state index in [0.29, 0.717) is 5.56 Å². The van der Waals surface area contributed by atoms with Crippen LogP contribution in [0.4, 0.5) is 4.39 Å². The van der Waals surface area contributed by atoms with Crippen molar-refractivity contribution in [2.45, 2.75) is 46.0 Å². The number of hydrogen-bond donors (Lipinski definition) is 0. The predicted octanol–water partition coefficient (Wildman–Crippen LogP) is 5.80. The average Bonchev–Trinajstić information content (AvgIpc) is 2.76. The van der Waals surface area contributed by atoms with Crippen molar-refractivity contribution in [2.75, 3.05) is 0 Å². The zero-order valence-electron chi connectivity index (χ0n) is 16.8. The average molecular weight is 392 g/mol. The zero-order chi connectivity index (χ0) is 20.6. The smallest absolute Gasteiger partial charge is 0.343 e. The van der Waals surface area contributed by atoms with Gasteiger partial charge in [-0.25, -0.2) is 9.18 Å². The molecule has 0 aliphatic carbocycles. The summed E-state index contributed by atoms with van der Waals surface area (Å²) in [5.41, 5.74) is 3.76. The zero-order valence-corrected chi connectivity index (χ0v) is 16.8. The van der Waals surface area contributed by atoms with E-state index in [0.717, 1.165) is 54.6 Å². The molecule has 1 heterocycles. The Balaban J connectivity index is 1.66. The first kappa shape index (κ1) is 20.6. The minimum Gasteiger partial charge on any atom is -0.420 e. The molecular weight excluding hydrogens is 367 g/mol. The SMILES string of the molecule is CCCCCc1ccc(OC(=O)c2ccc(-c3cnc(CC)cn3)cc2)c(F)c1. The molecule has 5 heteroatoms. The fourth-order valence-electron chi connectivity index (χ4n) is 2.98. The molecule has 1 aromatic heterocycles. The first-order chi connectivity index (χ1) is 14.1. The Kier molecular flexibility index (Phi) is 7.06. The van der Waals surface area contributed by atoms with Gasteiger partial charge in [-0.3, -0.25) is 9.97 Å². The Hall–Kier alpha value is -3.08. The number of benzene rings is 2. The van der Waals surface area contributed by atoms with Crippen LogP contribution >= 0.6 is 0 Å². The highest BCUT2D eigenvalue weighted by molar-refractivity contribution is 5.91. The van der Waals surface area contributed by atoms with E-state index < -0.39 is 11.8 Å². The Morgan fingerprint density at radius 1 is 1.00 bits per heavy atom. The van der Waals surface area contributed by atoms with Crippen LogP contribution in [-0.2, 0) is 12.8 Å². The fraction of sp³-hybridized carbons (Fsp3) is 0.292. The predicted molar refractivity (Wildman–Crippen MR) is 111 cm³/mol. The molecule has 4 nitrogen and oxygen atoms in total. The summed E-state index contributed by atoms with van der Waals surface area (Å²) in [6.07, 6.45) is 8.36. The van der Waals surface area contributed by atoms with E-state index in [9.17, 15) is 9.18 Å². The van der Waals surface area contributed by atoms with Crippen LogP contribution in [-0.4, -0.2) is 15.9 Å². The van der Waals surface area contributed by atoms with Gasteiger partial charge in [0, 0.05) is 11.8 Å². The van der Waals surface area contributed by atoms with Crippen LogP contribution < -0.4 is 4.74 Å². The maximum atomic E-state index is 14.3. The van der Waals surface area contributed by atoms with Crippen molar-refractivity contribution in [3.05, 3.63) is 77.5 Å². The lowest BCUT2D eigenvalue weighted by atomic mass is 10.1. The van der Waals surface area contributed by atoms with Crippen molar-refractivity contribution in [1.82, 2.24) is 9.97 Å². The summed E-state index contributed by atoms with van der Waals surface area (Å²) in [5.74, 6) is -1.17. The fourth-order valence-corrected chi connectivity index (χ4v) is 2.98. The van der Waals surface area contributed by atoms with E-state index in [2.05, 4.69) is 16.9 Å². The van der Waals surface area contributed by atoms with Gasteiger partial charge < -0.3 is 4.74 Å². The van der Waals surface area contributed by atoms with Crippen molar-refractivity contribution in [1.29, 1.82) is 0 Å². The van der Waals surface area contributed by atoms with Crippen molar-refractivity contribution in [3.8, 4) is 17.0 Å². The standard InChI is InChI=1S/C24H25FN2O2/c1-3-5-6-7-17-8-13-23(21(25)14-17)29-24(28)19-11-9-18(10-12-19)22-16-26-20(4-2)15-27-22/h8-16H,3-7H2,1-2H3. The molecule has 0 saturated heterocycles. The van der Waals surface area contributed by atoms with Crippen LogP contribution in [0.5, 0.6) is 5.75 Å². The van der Waals surface area contributed by atoms with Crippen molar-refractivity contribution in [2.24, 2.45) is 0 Å². The number of halogens is 1. The number of hydrogen-bond acceptors (Lipinski definition) is 4. The third kappa shape index (κ3) is 5.47. The van der Waals surface area contributed by atoms with Gasteiger partial charge in [-0.05, 0) is 49.1 Å². The molecular formula is C24H25FN2O2. The molecule has 0 aliphatic heterocycles. The van der Waals surface area contributed by atoms with Crippen molar-refractivity contribution >= 4 is 5.97 Å². The first-order valence-corrected chi connectivity index (χ1v) is 10.0. The van der Waals surface area contributed by atoms with Gasteiger partial charge in [-0.15, -0.1) is 0 Å². The van der Waals surface area contributed by atoms with Crippen LogP contribution in [0.25, 0.3) is 11.3 Å². The minimum atomic E-state index is -0.596. The quantitative estimate of drug-likeness (QED) is 0.276. The number of unbranched alkanes of at least 4 members (excludes halogenated alkanes) is 2. The molecule has 0 spiro atoms. The molecule has 0 N–H and O–H groups in total. The molecule has 150 valence electrons. The molecule has 2 aromatic carbocycles. The summed E-state index contributed by atoms with van der Waals surface area (Å²) in [6.45, 7) is 4.15. The van der Waals surface area contributed by atoms with Gasteiger partial charge in [0.25, 0.3) is 0 Å². The lowest BCUT2D eigenvalue weighted by Gasteiger charge is -2.08. The summed E-state index contributed by atoms with van der Waals surface area (Å²) in [5, 5.41) is 0. The third-order valence-electron chi connectivity index (χ3n) is 4.75. The number of aryl methyl sites for hydroxylation is 2. The second kappa shape index (κ2) is 9.92. The van der Waals surface area contributed by atoms with Crippen molar-refractivity contribution < 1.29 is 13.9 Å². The molecule has 0 aliphatic rings. The summed E-state index contributed by atoms with van der Waals surface area (Å²) < 4.78 is 19.5. The normalized spacial score (nSPS) is 10.7. The van der Waals surface area contributed by atoms with Gasteiger partial charge in [-0.1, -0.05) is 44.9 Å². The second-order valence-electron chi connectivity index (χ2n) is 6.94. The molecule has 0 atom stereocenters.